The molecule has 1 heterocycles. The lowest BCUT2D eigenvalue weighted by Crippen LogP contribution is -2.05. The van der Waals surface area contributed by atoms with E-state index in [9.17, 15) is 0 Å². The van der Waals surface area contributed by atoms with Gasteiger partial charge in [-0.1, -0.05) is 0 Å². The van der Waals surface area contributed by atoms with Crippen molar-refractivity contribution in [2.75, 3.05) is 0 Å². The van der Waals surface area contributed by atoms with Gasteiger partial charge in [0, 0.05) is 6.21 Å². The molecule has 1 atom stereocenters. The minimum absolute atomic E-state index is 0.0382. The largest absolute Gasteiger partial charge is 0.279 e. The van der Waals surface area contributed by atoms with Crippen molar-refractivity contribution < 1.29 is 0 Å². The monoisotopic (exact) mass is 108 g/mol. The zero-order valence-corrected chi connectivity index (χ0v) is 4.67. The van der Waals surface area contributed by atoms with E-state index in [0.717, 1.165) is 19.3 Å². The summed E-state index contributed by atoms with van der Waals surface area (Å²) in [7, 11) is 0. The van der Waals surface area contributed by atoms with Gasteiger partial charge in [-0.15, -0.1) is 0 Å². The normalized spacial score (nSPS) is 27.1. The van der Waals surface area contributed by atoms with Crippen LogP contribution < -0.4 is 0 Å². The first-order chi connectivity index (χ1) is 3.93. The fourth-order valence-corrected chi connectivity index (χ4v) is 0.777. The van der Waals surface area contributed by atoms with Crippen molar-refractivity contribution in [2.45, 2.75) is 25.3 Å². The van der Waals surface area contributed by atoms with Gasteiger partial charge in [0.2, 0.25) is 0 Å². The zero-order valence-electron chi connectivity index (χ0n) is 4.67. The molecule has 0 bridgehead atoms. The molecule has 0 spiro atoms. The quantitative estimate of drug-likeness (QED) is 0.458. The first-order valence-corrected chi connectivity index (χ1v) is 2.85. The standard InChI is InChI=1S/C6H8N2/c7-5-6-3-1-2-4-8-6/h4,6H,1-3H2. The van der Waals surface area contributed by atoms with Gasteiger partial charge in [0.15, 0.2) is 0 Å². The molecular weight excluding hydrogens is 100 g/mol. The Bertz CT molecular complexity index is 132. The molecule has 2 heteroatoms. The number of nitriles is 1. The van der Waals surface area contributed by atoms with E-state index < -0.39 is 0 Å². The second-order valence-electron chi connectivity index (χ2n) is 1.91. The summed E-state index contributed by atoms with van der Waals surface area (Å²) in [6.45, 7) is 0. The van der Waals surface area contributed by atoms with Crippen LogP contribution in [0.2, 0.25) is 0 Å². The Morgan fingerprint density at radius 3 is 3.00 bits per heavy atom. The van der Waals surface area contributed by atoms with Crippen LogP contribution in [0, 0.1) is 11.3 Å². The highest BCUT2D eigenvalue weighted by atomic mass is 14.8. The molecule has 0 aromatic carbocycles. The van der Waals surface area contributed by atoms with E-state index in [1.807, 2.05) is 6.21 Å². The first kappa shape index (κ1) is 5.30. The van der Waals surface area contributed by atoms with Crippen molar-refractivity contribution in [2.24, 2.45) is 4.99 Å². The van der Waals surface area contributed by atoms with E-state index in [1.54, 1.807) is 0 Å². The van der Waals surface area contributed by atoms with Gasteiger partial charge in [-0.3, -0.25) is 4.99 Å². The molecule has 1 aliphatic heterocycles. The van der Waals surface area contributed by atoms with Crippen LogP contribution in [0.1, 0.15) is 19.3 Å². The molecule has 2 nitrogen and oxygen atoms in total. The molecule has 1 aliphatic rings. The van der Waals surface area contributed by atoms with E-state index in [0.29, 0.717) is 0 Å². The molecule has 0 fully saturated rings. The second kappa shape index (κ2) is 2.46. The Balaban J connectivity index is 2.46. The van der Waals surface area contributed by atoms with Crippen molar-refractivity contribution in [1.29, 1.82) is 5.26 Å². The van der Waals surface area contributed by atoms with Crippen molar-refractivity contribution in [3.05, 3.63) is 0 Å². The number of nitrogens with zero attached hydrogens (tertiary/aromatic N) is 2. The SMILES string of the molecule is N#CC1CCCC=N1. The van der Waals surface area contributed by atoms with Gasteiger partial charge < -0.3 is 0 Å². The number of aliphatic imine (C=N–C) groups is 1. The number of hydrogen-bond acceptors (Lipinski definition) is 2. The molecule has 1 rings (SSSR count). The van der Waals surface area contributed by atoms with Crippen LogP contribution in [-0.4, -0.2) is 12.3 Å². The van der Waals surface area contributed by atoms with Crippen LogP contribution in [0.5, 0.6) is 0 Å². The van der Waals surface area contributed by atoms with Gasteiger partial charge in [0.25, 0.3) is 0 Å². The Kier molecular flexibility index (Phi) is 1.63. The lowest BCUT2D eigenvalue weighted by molar-refractivity contribution is 0.669. The first-order valence-electron chi connectivity index (χ1n) is 2.85. The van der Waals surface area contributed by atoms with Gasteiger partial charge in [-0.25, -0.2) is 0 Å². The third kappa shape index (κ3) is 1.06. The van der Waals surface area contributed by atoms with Crippen LogP contribution in [0.25, 0.3) is 0 Å². The van der Waals surface area contributed by atoms with Crippen LogP contribution in [0.3, 0.4) is 0 Å². The minimum Gasteiger partial charge on any atom is -0.279 e. The fraction of sp³-hybridized carbons (Fsp3) is 0.667. The van der Waals surface area contributed by atoms with E-state index in [-0.39, 0.29) is 6.04 Å². The Morgan fingerprint density at radius 1 is 1.75 bits per heavy atom. The average molecular weight is 108 g/mol. The summed E-state index contributed by atoms with van der Waals surface area (Å²) >= 11 is 0. The highest BCUT2D eigenvalue weighted by Gasteiger charge is 2.05. The molecule has 1 unspecified atom stereocenters. The van der Waals surface area contributed by atoms with Gasteiger partial charge in [-0.05, 0) is 19.3 Å². The Morgan fingerprint density at radius 2 is 2.62 bits per heavy atom. The minimum atomic E-state index is -0.0382. The van der Waals surface area contributed by atoms with Gasteiger partial charge >= 0.3 is 0 Å². The maximum absolute atomic E-state index is 8.33. The smallest absolute Gasteiger partial charge is 0.136 e. The molecule has 0 saturated heterocycles. The summed E-state index contributed by atoms with van der Waals surface area (Å²) < 4.78 is 0. The molecule has 0 aromatic rings. The van der Waals surface area contributed by atoms with E-state index in [2.05, 4.69) is 11.1 Å². The Hall–Kier alpha value is -0.840. The van der Waals surface area contributed by atoms with Crippen molar-refractivity contribution in [1.82, 2.24) is 0 Å². The molecule has 0 aliphatic carbocycles. The highest BCUT2D eigenvalue weighted by Crippen LogP contribution is 2.07. The maximum atomic E-state index is 8.33. The van der Waals surface area contributed by atoms with Crippen LogP contribution >= 0.6 is 0 Å². The van der Waals surface area contributed by atoms with Crippen molar-refractivity contribution in [3.63, 3.8) is 0 Å². The lowest BCUT2D eigenvalue weighted by Gasteiger charge is -2.05. The third-order valence-corrected chi connectivity index (χ3v) is 1.25. The zero-order chi connectivity index (χ0) is 5.82. The summed E-state index contributed by atoms with van der Waals surface area (Å²) in [5.41, 5.74) is 0. The third-order valence-electron chi connectivity index (χ3n) is 1.25. The predicted molar refractivity (Wildman–Crippen MR) is 31.7 cm³/mol. The molecule has 0 amide bonds. The number of rotatable bonds is 0. The highest BCUT2D eigenvalue weighted by molar-refractivity contribution is 5.58. The topological polar surface area (TPSA) is 36.1 Å². The van der Waals surface area contributed by atoms with Gasteiger partial charge in [-0.2, -0.15) is 5.26 Å². The molecular formula is C6H8N2. The molecule has 8 heavy (non-hydrogen) atoms. The van der Waals surface area contributed by atoms with Crippen molar-refractivity contribution >= 4 is 6.21 Å². The van der Waals surface area contributed by atoms with E-state index in [4.69, 9.17) is 5.26 Å². The fourth-order valence-electron chi connectivity index (χ4n) is 0.777. The molecule has 0 saturated carbocycles. The summed E-state index contributed by atoms with van der Waals surface area (Å²) in [5, 5.41) is 8.33. The summed E-state index contributed by atoms with van der Waals surface area (Å²) in [6, 6.07) is 2.07. The maximum Gasteiger partial charge on any atom is 0.136 e. The second-order valence-corrected chi connectivity index (χ2v) is 1.91. The molecule has 42 valence electrons. The summed E-state index contributed by atoms with van der Waals surface area (Å²) in [6.07, 6.45) is 4.98. The Labute approximate surface area is 48.8 Å². The lowest BCUT2D eigenvalue weighted by atomic mass is 10.1. The van der Waals surface area contributed by atoms with Gasteiger partial charge in [0.1, 0.15) is 6.04 Å². The summed E-state index contributed by atoms with van der Waals surface area (Å²) in [5.74, 6) is 0. The molecule has 0 N–H and O–H groups in total. The number of hydrogen-bond donors (Lipinski definition) is 0. The van der Waals surface area contributed by atoms with E-state index >= 15 is 0 Å². The van der Waals surface area contributed by atoms with Crippen LogP contribution in [0.15, 0.2) is 4.99 Å². The van der Waals surface area contributed by atoms with Crippen LogP contribution in [-0.2, 0) is 0 Å². The molecule has 0 aromatic heterocycles. The van der Waals surface area contributed by atoms with Crippen LogP contribution in [0.4, 0.5) is 0 Å². The van der Waals surface area contributed by atoms with Crippen molar-refractivity contribution in [3.8, 4) is 6.07 Å². The average Bonchev–Trinajstić information content (AvgIpc) is 1.90. The predicted octanol–water partition coefficient (Wildman–Crippen LogP) is 1.13. The molecule has 0 radical (unpaired) electrons. The summed E-state index contributed by atoms with van der Waals surface area (Å²) in [4.78, 5) is 3.96. The van der Waals surface area contributed by atoms with E-state index in [1.165, 1.54) is 0 Å². The van der Waals surface area contributed by atoms with Gasteiger partial charge in [0.05, 0.1) is 6.07 Å².